The third-order valence-electron chi connectivity index (χ3n) is 4.36. The van der Waals surface area contributed by atoms with Crippen LogP contribution in [0, 0.1) is 5.92 Å². The van der Waals surface area contributed by atoms with Crippen molar-refractivity contribution in [3.63, 3.8) is 0 Å². The smallest absolute Gasteiger partial charge is 0.249 e. The van der Waals surface area contributed by atoms with Crippen LogP contribution in [0.15, 0.2) is 30.3 Å². The van der Waals surface area contributed by atoms with Gasteiger partial charge in [-0.05, 0) is 24.0 Å². The molecule has 7 nitrogen and oxygen atoms in total. The molecule has 1 amide bonds. The Morgan fingerprint density at radius 1 is 1.28 bits per heavy atom. The van der Waals surface area contributed by atoms with Crippen molar-refractivity contribution in [1.29, 1.82) is 0 Å². The number of nitrogens with zero attached hydrogens (tertiary/aromatic N) is 5. The van der Waals surface area contributed by atoms with Gasteiger partial charge in [0.25, 0.3) is 0 Å². The van der Waals surface area contributed by atoms with E-state index < -0.39 is 6.04 Å². The van der Waals surface area contributed by atoms with Crippen LogP contribution in [0.2, 0.25) is 0 Å². The maximum atomic E-state index is 13.0. The van der Waals surface area contributed by atoms with Crippen LogP contribution < -0.4 is 5.73 Å². The summed E-state index contributed by atoms with van der Waals surface area (Å²) >= 11 is 0. The lowest BCUT2D eigenvalue weighted by molar-refractivity contribution is -0.138. The highest BCUT2D eigenvalue weighted by atomic mass is 35.5. The average Bonchev–Trinajstić information content (AvgIpc) is 3.05. The van der Waals surface area contributed by atoms with E-state index >= 15 is 0 Å². The van der Waals surface area contributed by atoms with Gasteiger partial charge >= 0.3 is 0 Å². The lowest BCUT2D eigenvalue weighted by Crippen LogP contribution is -2.49. The minimum Gasteiger partial charge on any atom is -0.339 e. The molecule has 2 heterocycles. The van der Waals surface area contributed by atoms with Crippen LogP contribution in [0.25, 0.3) is 11.4 Å². The second-order valence-corrected chi connectivity index (χ2v) is 6.67. The van der Waals surface area contributed by atoms with Gasteiger partial charge in [0.2, 0.25) is 11.7 Å². The van der Waals surface area contributed by atoms with Gasteiger partial charge in [0.05, 0.1) is 0 Å². The highest BCUT2D eigenvalue weighted by Crippen LogP contribution is 2.22. The van der Waals surface area contributed by atoms with Crippen molar-refractivity contribution in [3.05, 3.63) is 30.3 Å². The van der Waals surface area contributed by atoms with E-state index in [9.17, 15) is 4.79 Å². The first-order chi connectivity index (χ1) is 11.6. The van der Waals surface area contributed by atoms with Gasteiger partial charge in [-0.25, -0.2) is 0 Å². The van der Waals surface area contributed by atoms with Crippen molar-refractivity contribution in [3.8, 4) is 11.4 Å². The fourth-order valence-corrected chi connectivity index (χ4v) is 3.09. The lowest BCUT2D eigenvalue weighted by atomic mass is 10.0. The number of nitrogens with two attached hydrogens (primary N) is 1. The van der Waals surface area contributed by atoms with Crippen LogP contribution in [0.1, 0.15) is 32.7 Å². The summed E-state index contributed by atoms with van der Waals surface area (Å²) in [7, 11) is 0. The lowest BCUT2D eigenvalue weighted by Gasteiger charge is -2.34. The minimum atomic E-state index is -0.458. The first-order valence-corrected chi connectivity index (χ1v) is 8.45. The molecule has 25 heavy (non-hydrogen) atoms. The highest BCUT2D eigenvalue weighted by molar-refractivity contribution is 5.85. The van der Waals surface area contributed by atoms with Gasteiger partial charge in [-0.15, -0.1) is 22.6 Å². The molecule has 0 bridgehead atoms. The summed E-state index contributed by atoms with van der Waals surface area (Å²) in [6, 6.07) is 9.24. The normalized spacial score (nSPS) is 18.7. The largest absolute Gasteiger partial charge is 0.339 e. The molecule has 2 atom stereocenters. The number of likely N-dealkylation sites (tertiary alicyclic amines) is 1. The Balaban J connectivity index is 0.00000225. The summed E-state index contributed by atoms with van der Waals surface area (Å²) in [6.07, 6.45) is 1.91. The molecule has 1 fully saturated rings. The van der Waals surface area contributed by atoms with Gasteiger partial charge in [0.15, 0.2) is 6.04 Å². The van der Waals surface area contributed by atoms with E-state index in [1.807, 2.05) is 49.1 Å². The Hall–Kier alpha value is -1.99. The average molecular weight is 365 g/mol. The van der Waals surface area contributed by atoms with Crippen molar-refractivity contribution in [1.82, 2.24) is 25.1 Å². The topological polar surface area (TPSA) is 89.9 Å². The molecule has 136 valence electrons. The van der Waals surface area contributed by atoms with Crippen molar-refractivity contribution < 1.29 is 4.79 Å². The fraction of sp³-hybridized carbons (Fsp3) is 0.529. The number of amides is 1. The molecular weight excluding hydrogens is 340 g/mol. The van der Waals surface area contributed by atoms with Gasteiger partial charge in [0, 0.05) is 24.7 Å². The van der Waals surface area contributed by atoms with Gasteiger partial charge in [0.1, 0.15) is 0 Å². The summed E-state index contributed by atoms with van der Waals surface area (Å²) < 4.78 is 0. The van der Waals surface area contributed by atoms with Crippen LogP contribution in [0.5, 0.6) is 0 Å². The molecule has 8 heteroatoms. The molecule has 2 unspecified atom stereocenters. The fourth-order valence-electron chi connectivity index (χ4n) is 3.09. The predicted octanol–water partition coefficient (Wildman–Crippen LogP) is 1.91. The molecular formula is C17H25ClN6O. The summed E-state index contributed by atoms with van der Waals surface area (Å²) in [5.74, 6) is 0.620. The number of tetrazole rings is 1. The molecule has 2 N–H and O–H groups in total. The number of carbonyl (C=O) groups excluding carboxylic acids is 1. The van der Waals surface area contributed by atoms with Crippen LogP contribution in [0.4, 0.5) is 0 Å². The van der Waals surface area contributed by atoms with E-state index in [-0.39, 0.29) is 30.3 Å². The Bertz CT molecular complexity index is 689. The van der Waals surface area contributed by atoms with Gasteiger partial charge in [-0.3, -0.25) is 4.79 Å². The summed E-state index contributed by atoms with van der Waals surface area (Å²) in [6.45, 7) is 5.34. The number of hydrogen-bond acceptors (Lipinski definition) is 5. The van der Waals surface area contributed by atoms with Crippen molar-refractivity contribution in [2.45, 2.75) is 38.8 Å². The zero-order chi connectivity index (χ0) is 17.1. The van der Waals surface area contributed by atoms with Crippen LogP contribution in [-0.2, 0) is 4.79 Å². The molecule has 2 aromatic rings. The molecule has 1 aromatic carbocycles. The molecule has 1 aromatic heterocycles. The molecule has 1 aliphatic heterocycles. The third kappa shape index (κ3) is 4.35. The molecule has 3 rings (SSSR count). The van der Waals surface area contributed by atoms with E-state index in [4.69, 9.17) is 5.73 Å². The molecule has 1 saturated heterocycles. The Kier molecular flexibility index (Phi) is 6.50. The number of hydrogen-bond donors (Lipinski definition) is 1. The number of halogens is 1. The first kappa shape index (κ1) is 19.3. The second-order valence-electron chi connectivity index (χ2n) is 6.67. The SMILES string of the molecule is CC(C)C(C(=O)N1CCCC(N)C1)n1nnc(-c2ccccc2)n1.Cl. The number of aromatic nitrogens is 4. The van der Waals surface area contributed by atoms with E-state index in [2.05, 4.69) is 15.4 Å². The zero-order valence-corrected chi connectivity index (χ0v) is 15.4. The van der Waals surface area contributed by atoms with Gasteiger partial charge < -0.3 is 10.6 Å². The van der Waals surface area contributed by atoms with Gasteiger partial charge in [-0.2, -0.15) is 4.80 Å². The number of benzene rings is 1. The standard InChI is InChI=1S/C17H24N6O.ClH/c1-12(2)15(17(24)22-10-6-9-14(18)11-22)23-20-16(19-21-23)13-7-4-3-5-8-13;/h3-5,7-8,12,14-15H,6,9-11,18H2,1-2H3;1H. The third-order valence-corrected chi connectivity index (χ3v) is 4.36. The summed E-state index contributed by atoms with van der Waals surface area (Å²) in [5.41, 5.74) is 6.90. The van der Waals surface area contributed by atoms with E-state index in [0.29, 0.717) is 12.4 Å². The van der Waals surface area contributed by atoms with E-state index in [0.717, 1.165) is 24.9 Å². The minimum absolute atomic E-state index is 0. The predicted molar refractivity (Wildman–Crippen MR) is 98.2 cm³/mol. The zero-order valence-electron chi connectivity index (χ0n) is 14.6. The Morgan fingerprint density at radius 3 is 2.64 bits per heavy atom. The molecule has 0 saturated carbocycles. The van der Waals surface area contributed by atoms with Crippen LogP contribution in [-0.4, -0.2) is 50.1 Å². The second kappa shape index (κ2) is 8.40. The molecule has 0 aliphatic carbocycles. The van der Waals surface area contributed by atoms with E-state index in [1.165, 1.54) is 4.80 Å². The molecule has 0 radical (unpaired) electrons. The quantitative estimate of drug-likeness (QED) is 0.894. The summed E-state index contributed by atoms with van der Waals surface area (Å²) in [5, 5.41) is 12.7. The van der Waals surface area contributed by atoms with Crippen LogP contribution >= 0.6 is 12.4 Å². The first-order valence-electron chi connectivity index (χ1n) is 8.45. The Labute approximate surface area is 154 Å². The maximum Gasteiger partial charge on any atom is 0.249 e. The summed E-state index contributed by atoms with van der Waals surface area (Å²) in [4.78, 5) is 16.3. The maximum absolute atomic E-state index is 13.0. The van der Waals surface area contributed by atoms with Gasteiger partial charge in [-0.1, -0.05) is 44.2 Å². The molecule has 1 aliphatic rings. The monoisotopic (exact) mass is 364 g/mol. The van der Waals surface area contributed by atoms with Crippen molar-refractivity contribution in [2.75, 3.05) is 13.1 Å². The Morgan fingerprint density at radius 2 is 2.00 bits per heavy atom. The highest BCUT2D eigenvalue weighted by Gasteiger charge is 2.33. The number of rotatable bonds is 4. The van der Waals surface area contributed by atoms with E-state index in [1.54, 1.807) is 0 Å². The number of piperidine rings is 1. The van der Waals surface area contributed by atoms with Crippen molar-refractivity contribution in [2.24, 2.45) is 11.7 Å². The number of carbonyl (C=O) groups is 1. The molecule has 0 spiro atoms. The van der Waals surface area contributed by atoms with Crippen LogP contribution in [0.3, 0.4) is 0 Å². The van der Waals surface area contributed by atoms with Crippen molar-refractivity contribution >= 4 is 18.3 Å².